The number of nitrogens with zero attached hydrogens (tertiary/aromatic N) is 3. The van der Waals surface area contributed by atoms with Crippen molar-refractivity contribution in [3.8, 4) is 0 Å². The van der Waals surface area contributed by atoms with Gasteiger partial charge in [-0.25, -0.2) is 9.97 Å². The van der Waals surface area contributed by atoms with E-state index in [4.69, 9.17) is 10.8 Å². The lowest BCUT2D eigenvalue weighted by atomic mass is 10.0. The van der Waals surface area contributed by atoms with Crippen molar-refractivity contribution < 1.29 is 10.0 Å². The molecular weight excluding hydrogens is 250 g/mol. The van der Waals surface area contributed by atoms with Crippen molar-refractivity contribution in [1.82, 2.24) is 9.97 Å². The van der Waals surface area contributed by atoms with Crippen LogP contribution < -0.4 is 11.1 Å². The molecule has 4 N–H and O–H groups in total. The van der Waals surface area contributed by atoms with Crippen LogP contribution in [0.15, 0.2) is 6.33 Å². The first-order valence-corrected chi connectivity index (χ1v) is 6.19. The Morgan fingerprint density at radius 1 is 1.53 bits per heavy atom. The first-order valence-electron chi connectivity index (χ1n) is 6.19. The average Bonchev–Trinajstić information content (AvgIpc) is 2.36. The molecular formula is C11H19N5O3. The fraction of sp³-hybridized carbons (Fsp3) is 0.636. The van der Waals surface area contributed by atoms with Gasteiger partial charge in [0.1, 0.15) is 6.33 Å². The molecule has 1 aromatic rings. The molecule has 0 aliphatic heterocycles. The second kappa shape index (κ2) is 7.47. The van der Waals surface area contributed by atoms with Gasteiger partial charge < -0.3 is 16.2 Å². The van der Waals surface area contributed by atoms with Gasteiger partial charge in [0.15, 0.2) is 0 Å². The largest absolute Gasteiger partial charge is 0.396 e. The number of nitrogen functional groups attached to an aromatic ring is 1. The van der Waals surface area contributed by atoms with E-state index in [9.17, 15) is 10.1 Å². The molecule has 0 saturated heterocycles. The summed E-state index contributed by atoms with van der Waals surface area (Å²) in [5.41, 5.74) is 5.17. The zero-order valence-electron chi connectivity index (χ0n) is 10.9. The molecule has 8 heteroatoms. The molecule has 1 unspecified atom stereocenters. The molecule has 0 spiro atoms. The highest BCUT2D eigenvalue weighted by molar-refractivity contribution is 5.67. The molecule has 8 nitrogen and oxygen atoms in total. The maximum absolute atomic E-state index is 10.9. The Labute approximate surface area is 111 Å². The van der Waals surface area contributed by atoms with Crippen LogP contribution in [0.3, 0.4) is 0 Å². The van der Waals surface area contributed by atoms with Crippen LogP contribution in [0.4, 0.5) is 17.3 Å². The zero-order chi connectivity index (χ0) is 14.3. The van der Waals surface area contributed by atoms with Crippen molar-refractivity contribution in [1.29, 1.82) is 0 Å². The highest BCUT2D eigenvalue weighted by Gasteiger charge is 2.21. The summed E-state index contributed by atoms with van der Waals surface area (Å²) in [4.78, 5) is 17.8. The van der Waals surface area contributed by atoms with Crippen molar-refractivity contribution in [2.75, 3.05) is 24.2 Å². The zero-order valence-corrected chi connectivity index (χ0v) is 10.9. The molecule has 0 amide bonds. The van der Waals surface area contributed by atoms with Crippen molar-refractivity contribution >= 4 is 17.3 Å². The van der Waals surface area contributed by atoms with Crippen molar-refractivity contribution in [3.05, 3.63) is 16.4 Å². The first kappa shape index (κ1) is 15.1. The molecule has 1 atom stereocenters. The van der Waals surface area contributed by atoms with Gasteiger partial charge in [0.2, 0.25) is 11.6 Å². The number of rotatable bonds is 8. The Kier molecular flexibility index (Phi) is 5.94. The summed E-state index contributed by atoms with van der Waals surface area (Å²) in [6.45, 7) is 2.65. The second-order valence-electron chi connectivity index (χ2n) is 4.26. The predicted octanol–water partition coefficient (Wildman–Crippen LogP) is 1.18. The third-order valence-corrected chi connectivity index (χ3v) is 2.83. The number of nitrogens with two attached hydrogens (primary N) is 1. The van der Waals surface area contributed by atoms with Crippen LogP contribution in [-0.2, 0) is 0 Å². The molecule has 0 bridgehead atoms. The number of anilines is 2. The van der Waals surface area contributed by atoms with Gasteiger partial charge in [0, 0.05) is 13.2 Å². The molecule has 0 aromatic carbocycles. The minimum Gasteiger partial charge on any atom is -0.396 e. The standard InChI is InChI=1S/C11H19N5O3/c1-2-3-8(4-5-17)6-13-11-9(16(18)19)10(12)14-7-15-11/h7-8,17H,2-6H2,1H3,(H3,12,13,14,15). The Morgan fingerprint density at radius 2 is 2.26 bits per heavy atom. The van der Waals surface area contributed by atoms with Crippen LogP contribution in [0.1, 0.15) is 26.2 Å². The lowest BCUT2D eigenvalue weighted by Gasteiger charge is -2.15. The van der Waals surface area contributed by atoms with E-state index in [1.165, 1.54) is 6.33 Å². The van der Waals surface area contributed by atoms with E-state index >= 15 is 0 Å². The number of nitrogens with one attached hydrogen (secondary N) is 1. The number of nitro groups is 1. The molecule has 0 aliphatic carbocycles. The summed E-state index contributed by atoms with van der Waals surface area (Å²) in [6.07, 6.45) is 3.75. The minimum atomic E-state index is -0.599. The quantitative estimate of drug-likeness (QED) is 0.477. The molecule has 1 rings (SSSR count). The maximum Gasteiger partial charge on any atom is 0.352 e. The third-order valence-electron chi connectivity index (χ3n) is 2.83. The van der Waals surface area contributed by atoms with Gasteiger partial charge in [-0.1, -0.05) is 13.3 Å². The van der Waals surface area contributed by atoms with Gasteiger partial charge in [-0.2, -0.15) is 0 Å². The van der Waals surface area contributed by atoms with Gasteiger partial charge >= 0.3 is 5.69 Å². The summed E-state index contributed by atoms with van der Waals surface area (Å²) in [7, 11) is 0. The number of aromatic nitrogens is 2. The number of aliphatic hydroxyl groups excluding tert-OH is 1. The average molecular weight is 269 g/mol. The molecule has 106 valence electrons. The minimum absolute atomic E-state index is 0.0976. The van der Waals surface area contributed by atoms with E-state index in [2.05, 4.69) is 22.2 Å². The third kappa shape index (κ3) is 4.32. The Hall–Kier alpha value is -1.96. The van der Waals surface area contributed by atoms with Crippen molar-refractivity contribution in [3.63, 3.8) is 0 Å². The molecule has 0 fully saturated rings. The highest BCUT2D eigenvalue weighted by atomic mass is 16.6. The first-order chi connectivity index (χ1) is 9.10. The Morgan fingerprint density at radius 3 is 2.84 bits per heavy atom. The molecule has 0 saturated carbocycles. The monoisotopic (exact) mass is 269 g/mol. The molecule has 0 radical (unpaired) electrons. The summed E-state index contributed by atoms with van der Waals surface area (Å²) in [5.74, 6) is 0.207. The fourth-order valence-electron chi connectivity index (χ4n) is 1.88. The molecule has 1 heterocycles. The SMILES string of the molecule is CCCC(CCO)CNc1ncnc(N)c1[N+](=O)[O-]. The van der Waals surface area contributed by atoms with Crippen LogP contribution in [0.2, 0.25) is 0 Å². The van der Waals surface area contributed by atoms with E-state index in [1.807, 2.05) is 0 Å². The van der Waals surface area contributed by atoms with E-state index < -0.39 is 4.92 Å². The van der Waals surface area contributed by atoms with E-state index in [1.54, 1.807) is 0 Å². The van der Waals surface area contributed by atoms with Crippen LogP contribution in [0.25, 0.3) is 0 Å². The summed E-state index contributed by atoms with van der Waals surface area (Å²) in [6, 6.07) is 0. The van der Waals surface area contributed by atoms with Crippen LogP contribution in [0, 0.1) is 16.0 Å². The molecule has 0 aliphatic rings. The predicted molar refractivity (Wildman–Crippen MR) is 71.7 cm³/mol. The van der Waals surface area contributed by atoms with Gasteiger partial charge in [-0.15, -0.1) is 0 Å². The second-order valence-corrected chi connectivity index (χ2v) is 4.26. The summed E-state index contributed by atoms with van der Waals surface area (Å²) < 4.78 is 0. The van der Waals surface area contributed by atoms with Gasteiger partial charge in [0.25, 0.3) is 0 Å². The van der Waals surface area contributed by atoms with Crippen LogP contribution in [0.5, 0.6) is 0 Å². The normalized spacial score (nSPS) is 12.1. The summed E-state index contributed by atoms with van der Waals surface area (Å²) >= 11 is 0. The lowest BCUT2D eigenvalue weighted by molar-refractivity contribution is -0.383. The van der Waals surface area contributed by atoms with E-state index in [-0.39, 0.29) is 29.8 Å². The fourth-order valence-corrected chi connectivity index (χ4v) is 1.88. The van der Waals surface area contributed by atoms with Gasteiger partial charge in [0.05, 0.1) is 4.92 Å². The van der Waals surface area contributed by atoms with Gasteiger partial charge in [-0.05, 0) is 18.8 Å². The van der Waals surface area contributed by atoms with Gasteiger partial charge in [-0.3, -0.25) is 10.1 Å². The Balaban J connectivity index is 2.76. The van der Waals surface area contributed by atoms with E-state index in [0.29, 0.717) is 13.0 Å². The smallest absolute Gasteiger partial charge is 0.352 e. The lowest BCUT2D eigenvalue weighted by Crippen LogP contribution is -2.17. The number of hydrogen-bond acceptors (Lipinski definition) is 7. The maximum atomic E-state index is 10.9. The van der Waals surface area contributed by atoms with Crippen molar-refractivity contribution in [2.24, 2.45) is 5.92 Å². The van der Waals surface area contributed by atoms with Crippen LogP contribution in [-0.4, -0.2) is 33.1 Å². The van der Waals surface area contributed by atoms with Crippen molar-refractivity contribution in [2.45, 2.75) is 26.2 Å². The topological polar surface area (TPSA) is 127 Å². The molecule has 1 aromatic heterocycles. The summed E-state index contributed by atoms with van der Waals surface area (Å²) in [5, 5.41) is 22.8. The Bertz CT molecular complexity index is 421. The van der Waals surface area contributed by atoms with E-state index in [0.717, 1.165) is 12.8 Å². The van der Waals surface area contributed by atoms with Crippen LogP contribution >= 0.6 is 0 Å². The number of hydrogen-bond donors (Lipinski definition) is 3. The number of aliphatic hydroxyl groups is 1. The highest BCUT2D eigenvalue weighted by Crippen LogP contribution is 2.26. The molecule has 19 heavy (non-hydrogen) atoms.